The maximum Gasteiger partial charge on any atom is 0.328 e. The quantitative estimate of drug-likeness (QED) is 0.263. The molecule has 1 amide bonds. The average molecular weight is 433 g/mol. The minimum Gasteiger partial charge on any atom is -0.467 e. The lowest BCUT2D eigenvalue weighted by molar-refractivity contribution is -0.145. The van der Waals surface area contributed by atoms with Crippen LogP contribution in [0.3, 0.4) is 0 Å². The molecule has 0 aliphatic carbocycles. The Balaban J connectivity index is 2.22. The maximum absolute atomic E-state index is 12.6. The molecule has 160 valence electrons. The minimum absolute atomic E-state index is 0.00314. The van der Waals surface area contributed by atoms with Crippen LogP contribution < -0.4 is 16.8 Å². The number of hydrogen-bond acceptors (Lipinski definition) is 7. The molecule has 0 aromatic heterocycles. The van der Waals surface area contributed by atoms with Crippen LogP contribution in [0, 0.1) is 12.3 Å². The fourth-order valence-corrected chi connectivity index (χ4v) is 3.86. The van der Waals surface area contributed by atoms with Crippen LogP contribution >= 0.6 is 0 Å². The third kappa shape index (κ3) is 5.43. The Hall–Kier alpha value is -3.24. The number of ether oxygens (including phenoxy) is 1. The first-order valence-corrected chi connectivity index (χ1v) is 10.5. The van der Waals surface area contributed by atoms with Gasteiger partial charge in [0.15, 0.2) is 5.37 Å². The minimum atomic E-state index is -4.15. The van der Waals surface area contributed by atoms with E-state index in [0.717, 1.165) is 12.7 Å². The number of nitrogens with two attached hydrogens (primary N) is 2. The molecule has 2 atom stereocenters. The summed E-state index contributed by atoms with van der Waals surface area (Å²) in [6.07, 6.45) is -0.00314. The molecule has 1 unspecified atom stereocenters. The SMILES string of the molecule is COC(=O)[C@H](Cc1cccc(C(=N)N)c1)NC(=O)C(N)S(=O)(=O)c1ccc(C)cc1. The van der Waals surface area contributed by atoms with Gasteiger partial charge in [-0.25, -0.2) is 13.2 Å². The summed E-state index contributed by atoms with van der Waals surface area (Å²) in [6.45, 7) is 1.80. The van der Waals surface area contributed by atoms with E-state index in [1.54, 1.807) is 43.3 Å². The van der Waals surface area contributed by atoms with Gasteiger partial charge in [0.25, 0.3) is 5.91 Å². The molecule has 0 aliphatic heterocycles. The second kappa shape index (κ2) is 9.51. The fourth-order valence-electron chi connectivity index (χ4n) is 2.71. The molecule has 2 aromatic carbocycles. The van der Waals surface area contributed by atoms with Crippen molar-refractivity contribution in [1.29, 1.82) is 5.41 Å². The van der Waals surface area contributed by atoms with E-state index in [1.165, 1.54) is 12.1 Å². The van der Waals surface area contributed by atoms with Crippen molar-refractivity contribution in [2.75, 3.05) is 7.11 Å². The molecule has 6 N–H and O–H groups in total. The van der Waals surface area contributed by atoms with Gasteiger partial charge >= 0.3 is 5.97 Å². The Morgan fingerprint density at radius 3 is 2.37 bits per heavy atom. The van der Waals surface area contributed by atoms with Crippen molar-refractivity contribution in [2.45, 2.75) is 29.7 Å². The third-order valence-electron chi connectivity index (χ3n) is 4.42. The van der Waals surface area contributed by atoms with Crippen molar-refractivity contribution in [3.8, 4) is 0 Å². The van der Waals surface area contributed by atoms with E-state index in [4.69, 9.17) is 21.6 Å². The van der Waals surface area contributed by atoms with Crippen molar-refractivity contribution in [1.82, 2.24) is 5.32 Å². The summed E-state index contributed by atoms with van der Waals surface area (Å²) in [6, 6.07) is 11.3. The summed E-state index contributed by atoms with van der Waals surface area (Å²) in [4.78, 5) is 24.6. The summed E-state index contributed by atoms with van der Waals surface area (Å²) < 4.78 is 30.0. The number of hydrogen-bond donors (Lipinski definition) is 4. The van der Waals surface area contributed by atoms with E-state index >= 15 is 0 Å². The van der Waals surface area contributed by atoms with E-state index in [-0.39, 0.29) is 17.2 Å². The number of nitrogen functional groups attached to an aromatic ring is 1. The molecule has 9 nitrogen and oxygen atoms in total. The number of rotatable bonds is 8. The van der Waals surface area contributed by atoms with E-state index in [9.17, 15) is 18.0 Å². The smallest absolute Gasteiger partial charge is 0.328 e. The summed E-state index contributed by atoms with van der Waals surface area (Å²) >= 11 is 0. The van der Waals surface area contributed by atoms with Gasteiger partial charge in [0.05, 0.1) is 12.0 Å². The lowest BCUT2D eigenvalue weighted by Gasteiger charge is -2.20. The van der Waals surface area contributed by atoms with E-state index in [1.807, 2.05) is 0 Å². The number of benzene rings is 2. The number of esters is 1. The van der Waals surface area contributed by atoms with Crippen LogP contribution in [0.1, 0.15) is 16.7 Å². The molecular weight excluding hydrogens is 408 g/mol. The van der Waals surface area contributed by atoms with Crippen molar-refractivity contribution in [3.05, 3.63) is 65.2 Å². The van der Waals surface area contributed by atoms with Crippen LogP contribution in [0.5, 0.6) is 0 Å². The van der Waals surface area contributed by atoms with Gasteiger partial charge in [-0.1, -0.05) is 35.9 Å². The number of methoxy groups -OCH3 is 1. The molecule has 0 spiro atoms. The predicted octanol–water partition coefficient (Wildman–Crippen LogP) is 0.238. The zero-order valence-corrected chi connectivity index (χ0v) is 17.4. The Morgan fingerprint density at radius 2 is 1.80 bits per heavy atom. The van der Waals surface area contributed by atoms with Crippen LogP contribution in [0.15, 0.2) is 53.4 Å². The molecule has 0 aliphatic rings. The maximum atomic E-state index is 12.6. The molecular formula is C20H24N4O5S. The molecule has 2 aromatic rings. The molecule has 0 heterocycles. The Kier molecular flexibility index (Phi) is 7.30. The number of sulfone groups is 1. The average Bonchev–Trinajstić information content (AvgIpc) is 2.72. The van der Waals surface area contributed by atoms with Crippen molar-refractivity contribution in [2.24, 2.45) is 11.5 Å². The molecule has 0 saturated carbocycles. The number of amidine groups is 1. The van der Waals surface area contributed by atoms with E-state index in [0.29, 0.717) is 11.1 Å². The standard InChI is InChI=1S/C20H24N4O5S/c1-12-6-8-15(9-7-12)30(27,28)18(23)19(25)24-16(20(26)29-2)11-13-4-3-5-14(10-13)17(21)22/h3-10,16,18H,11,23H2,1-2H3,(H3,21,22)(H,24,25)/t16-,18?/m0/s1. The number of nitrogens with one attached hydrogen (secondary N) is 2. The zero-order chi connectivity index (χ0) is 22.5. The number of aryl methyl sites for hydroxylation is 1. The first-order valence-electron chi connectivity index (χ1n) is 8.94. The fraction of sp³-hybridized carbons (Fsp3) is 0.250. The Bertz CT molecular complexity index is 1050. The molecule has 0 radical (unpaired) electrons. The lowest BCUT2D eigenvalue weighted by atomic mass is 10.0. The first kappa shape index (κ1) is 23.0. The van der Waals surface area contributed by atoms with Gasteiger partial charge in [-0.2, -0.15) is 0 Å². The summed E-state index contributed by atoms with van der Waals surface area (Å²) in [5, 5.41) is 7.94. The molecule has 0 fully saturated rings. The van der Waals surface area contributed by atoms with Gasteiger partial charge in [0, 0.05) is 12.0 Å². The molecule has 0 saturated heterocycles. The first-order chi connectivity index (χ1) is 14.1. The summed E-state index contributed by atoms with van der Waals surface area (Å²) in [7, 11) is -3.01. The van der Waals surface area contributed by atoms with Crippen LogP contribution in [-0.4, -0.2) is 44.7 Å². The van der Waals surface area contributed by atoms with Gasteiger partial charge in [-0.05, 0) is 30.7 Å². The molecule has 2 rings (SSSR count). The lowest BCUT2D eigenvalue weighted by Crippen LogP contribution is -2.52. The highest BCUT2D eigenvalue weighted by Crippen LogP contribution is 2.15. The summed E-state index contributed by atoms with van der Waals surface area (Å²) in [5.74, 6) is -1.95. The van der Waals surface area contributed by atoms with Gasteiger partial charge in [-0.15, -0.1) is 0 Å². The van der Waals surface area contributed by atoms with Crippen molar-refractivity contribution in [3.63, 3.8) is 0 Å². The highest BCUT2D eigenvalue weighted by molar-refractivity contribution is 7.92. The van der Waals surface area contributed by atoms with Crippen LogP contribution in [0.2, 0.25) is 0 Å². The number of amides is 1. The zero-order valence-electron chi connectivity index (χ0n) is 16.6. The number of carbonyl (C=O) groups excluding carboxylic acids is 2. The second-order valence-electron chi connectivity index (χ2n) is 6.68. The number of carbonyl (C=O) groups is 2. The topological polar surface area (TPSA) is 165 Å². The van der Waals surface area contributed by atoms with Crippen LogP contribution in [-0.2, 0) is 30.6 Å². The largest absolute Gasteiger partial charge is 0.467 e. The molecule has 0 bridgehead atoms. The Labute approximate surface area is 174 Å². The van der Waals surface area contributed by atoms with E-state index in [2.05, 4.69) is 5.32 Å². The van der Waals surface area contributed by atoms with Gasteiger partial charge in [0.1, 0.15) is 11.9 Å². The third-order valence-corrected chi connectivity index (χ3v) is 6.23. The monoisotopic (exact) mass is 432 g/mol. The summed E-state index contributed by atoms with van der Waals surface area (Å²) in [5.41, 5.74) is 13.1. The van der Waals surface area contributed by atoms with E-state index < -0.39 is 33.1 Å². The van der Waals surface area contributed by atoms with Gasteiger partial charge in [0.2, 0.25) is 9.84 Å². The van der Waals surface area contributed by atoms with Crippen LogP contribution in [0.25, 0.3) is 0 Å². The van der Waals surface area contributed by atoms with Crippen LogP contribution in [0.4, 0.5) is 0 Å². The normalized spacial score (nSPS) is 13.2. The van der Waals surface area contributed by atoms with Crippen molar-refractivity contribution < 1.29 is 22.7 Å². The highest BCUT2D eigenvalue weighted by Gasteiger charge is 2.33. The highest BCUT2D eigenvalue weighted by atomic mass is 32.2. The second-order valence-corrected chi connectivity index (χ2v) is 8.75. The Morgan fingerprint density at radius 1 is 1.17 bits per heavy atom. The van der Waals surface area contributed by atoms with Gasteiger partial charge in [-0.3, -0.25) is 10.2 Å². The molecule has 10 heteroatoms. The van der Waals surface area contributed by atoms with Crippen molar-refractivity contribution >= 4 is 27.5 Å². The molecule has 30 heavy (non-hydrogen) atoms. The van der Waals surface area contributed by atoms with Gasteiger partial charge < -0.3 is 21.5 Å². The predicted molar refractivity (Wildman–Crippen MR) is 111 cm³/mol.